The highest BCUT2D eigenvalue weighted by Gasteiger charge is 2.51. The lowest BCUT2D eigenvalue weighted by atomic mass is 9.80. The van der Waals surface area contributed by atoms with Crippen LogP contribution in [0.3, 0.4) is 0 Å². The van der Waals surface area contributed by atoms with Crippen molar-refractivity contribution < 1.29 is 18.0 Å². The van der Waals surface area contributed by atoms with Crippen molar-refractivity contribution in [2.45, 2.75) is 30.8 Å². The topological polar surface area (TPSA) is 128 Å². The number of rotatable bonds is 2. The highest BCUT2D eigenvalue weighted by Crippen LogP contribution is 2.43. The van der Waals surface area contributed by atoms with Crippen molar-refractivity contribution in [3.63, 3.8) is 0 Å². The Morgan fingerprint density at radius 2 is 2.04 bits per heavy atom. The number of aromatic amines is 1. The van der Waals surface area contributed by atoms with E-state index in [4.69, 9.17) is 0 Å². The molecular weight excluding hydrogens is 360 g/mol. The quantitative estimate of drug-likeness (QED) is 0.587. The first-order valence-electron chi connectivity index (χ1n) is 8.65. The second kappa shape index (κ2) is 5.95. The van der Waals surface area contributed by atoms with Gasteiger partial charge in [-0.2, -0.15) is 4.31 Å². The number of aromatic nitrogens is 2. The Hall–Kier alpha value is -2.14. The van der Waals surface area contributed by atoms with Crippen molar-refractivity contribution in [3.8, 4) is 0 Å². The molecule has 3 amide bonds. The number of H-pyrrole nitrogens is 1. The molecule has 0 saturated carbocycles. The minimum atomic E-state index is -3.41. The summed E-state index contributed by atoms with van der Waals surface area (Å²) in [4.78, 5) is 33.1. The molecule has 0 bridgehead atoms. The van der Waals surface area contributed by atoms with Gasteiger partial charge in [-0.05, 0) is 12.8 Å². The van der Waals surface area contributed by atoms with Crippen LogP contribution in [0.1, 0.15) is 24.2 Å². The summed E-state index contributed by atoms with van der Waals surface area (Å²) >= 11 is 0. The zero-order chi connectivity index (χ0) is 18.5. The Balaban J connectivity index is 1.58. The van der Waals surface area contributed by atoms with Gasteiger partial charge in [0.1, 0.15) is 6.04 Å². The van der Waals surface area contributed by atoms with Crippen LogP contribution in [0.5, 0.6) is 0 Å². The van der Waals surface area contributed by atoms with E-state index in [9.17, 15) is 18.0 Å². The summed E-state index contributed by atoms with van der Waals surface area (Å²) in [7, 11) is -3.41. The Labute approximate surface area is 151 Å². The summed E-state index contributed by atoms with van der Waals surface area (Å²) < 4.78 is 26.4. The third-order valence-electron chi connectivity index (χ3n) is 5.57. The van der Waals surface area contributed by atoms with Crippen molar-refractivity contribution in [1.29, 1.82) is 0 Å². The fraction of sp³-hybridized carbons (Fsp3) is 0.667. The molecule has 0 aromatic carbocycles. The Morgan fingerprint density at radius 3 is 2.65 bits per heavy atom. The number of nitrogens with zero attached hydrogens (tertiary/aromatic N) is 3. The summed E-state index contributed by atoms with van der Waals surface area (Å²) in [5, 5.41) is 5.19. The molecule has 1 spiro atoms. The van der Waals surface area contributed by atoms with Crippen LogP contribution >= 0.6 is 0 Å². The average molecular weight is 382 g/mol. The Bertz CT molecular complexity index is 842. The summed E-state index contributed by atoms with van der Waals surface area (Å²) in [6.07, 6.45) is 4.40. The van der Waals surface area contributed by atoms with E-state index in [1.54, 1.807) is 15.5 Å². The van der Waals surface area contributed by atoms with E-state index in [0.29, 0.717) is 38.9 Å². The Morgan fingerprint density at radius 1 is 1.31 bits per heavy atom. The van der Waals surface area contributed by atoms with Gasteiger partial charge in [0, 0.05) is 38.3 Å². The fourth-order valence-corrected chi connectivity index (χ4v) is 5.68. The van der Waals surface area contributed by atoms with Gasteiger partial charge >= 0.3 is 6.03 Å². The number of carbonyl (C=O) groups excluding carboxylic acids is 2. The predicted octanol–water partition coefficient (Wildman–Crippen LogP) is -1.27. The number of urea groups is 1. The van der Waals surface area contributed by atoms with Gasteiger partial charge in [0.2, 0.25) is 15.9 Å². The van der Waals surface area contributed by atoms with E-state index < -0.39 is 21.6 Å². The van der Waals surface area contributed by atoms with Gasteiger partial charge in [0.25, 0.3) is 0 Å². The van der Waals surface area contributed by atoms with Crippen molar-refractivity contribution in [1.82, 2.24) is 29.8 Å². The molecule has 1 aromatic rings. The van der Waals surface area contributed by atoms with Gasteiger partial charge in [0.05, 0.1) is 23.8 Å². The molecule has 3 N–H and O–H groups in total. The summed E-state index contributed by atoms with van der Waals surface area (Å²) in [6, 6.07) is -0.900. The molecule has 10 nitrogen and oxygen atoms in total. The Kier molecular flexibility index (Phi) is 3.95. The maximum Gasteiger partial charge on any atom is 0.315 e. The van der Waals surface area contributed by atoms with Gasteiger partial charge < -0.3 is 20.5 Å². The van der Waals surface area contributed by atoms with Crippen LogP contribution in [-0.4, -0.2) is 78.0 Å². The van der Waals surface area contributed by atoms with E-state index in [-0.39, 0.29) is 18.5 Å². The largest absolute Gasteiger partial charge is 0.348 e. The zero-order valence-electron chi connectivity index (χ0n) is 14.5. The molecule has 4 rings (SSSR count). The van der Waals surface area contributed by atoms with Gasteiger partial charge in [-0.15, -0.1) is 0 Å². The van der Waals surface area contributed by atoms with E-state index in [2.05, 4.69) is 20.6 Å². The number of fused-ring (bicyclic) bond motifs is 2. The number of likely N-dealkylation sites (tertiary alicyclic amines) is 1. The summed E-state index contributed by atoms with van der Waals surface area (Å²) in [5.74, 6) is -0.137. The molecule has 11 heteroatoms. The third-order valence-corrected chi connectivity index (χ3v) is 6.91. The fourth-order valence-electron chi connectivity index (χ4n) is 4.35. The van der Waals surface area contributed by atoms with E-state index in [1.165, 1.54) is 6.26 Å². The number of hydrogen-bond donors (Lipinski definition) is 3. The lowest BCUT2D eigenvalue weighted by Crippen LogP contribution is -2.59. The molecule has 0 radical (unpaired) electrons. The van der Waals surface area contributed by atoms with Crippen LogP contribution < -0.4 is 10.6 Å². The third kappa shape index (κ3) is 2.65. The van der Waals surface area contributed by atoms with Gasteiger partial charge in [-0.1, -0.05) is 0 Å². The minimum Gasteiger partial charge on any atom is -0.348 e. The van der Waals surface area contributed by atoms with Crippen molar-refractivity contribution >= 4 is 22.0 Å². The van der Waals surface area contributed by atoms with Crippen molar-refractivity contribution in [2.24, 2.45) is 0 Å². The number of imidazole rings is 1. The van der Waals surface area contributed by atoms with E-state index in [0.717, 1.165) is 11.4 Å². The molecule has 1 atom stereocenters. The molecule has 142 valence electrons. The zero-order valence-corrected chi connectivity index (χ0v) is 15.3. The van der Waals surface area contributed by atoms with Crippen LogP contribution in [0.4, 0.5) is 4.79 Å². The molecule has 26 heavy (non-hydrogen) atoms. The molecule has 3 aliphatic rings. The standard InChI is InChI=1S/C15H22N6O4S/c1-26(24,25)21-5-2-10-12(18-9-17-10)15(21)3-6-20(7-4-15)13(22)11-8-16-14(23)19-11/h9,11H,2-8H2,1H3,(H,17,18)(H2,16,19,23)/t11-/m1/s1. The van der Waals surface area contributed by atoms with Gasteiger partial charge in [-0.3, -0.25) is 4.79 Å². The average Bonchev–Trinajstić information content (AvgIpc) is 3.23. The van der Waals surface area contributed by atoms with Crippen LogP contribution in [-0.2, 0) is 26.8 Å². The van der Waals surface area contributed by atoms with Crippen LogP contribution in [0.15, 0.2) is 6.33 Å². The first-order valence-corrected chi connectivity index (χ1v) is 10.5. The van der Waals surface area contributed by atoms with E-state index >= 15 is 0 Å². The maximum atomic E-state index is 12.6. The predicted molar refractivity (Wildman–Crippen MR) is 91.7 cm³/mol. The molecule has 3 aliphatic heterocycles. The van der Waals surface area contributed by atoms with E-state index in [1.807, 2.05) is 0 Å². The molecule has 0 aliphatic carbocycles. The second-order valence-electron chi connectivity index (χ2n) is 7.08. The number of carbonyl (C=O) groups is 2. The minimum absolute atomic E-state index is 0.137. The molecular formula is C15H22N6O4S. The number of sulfonamides is 1. The summed E-state index contributed by atoms with van der Waals surface area (Å²) in [5.41, 5.74) is 1.03. The lowest BCUT2D eigenvalue weighted by molar-refractivity contribution is -0.135. The second-order valence-corrected chi connectivity index (χ2v) is 8.99. The van der Waals surface area contributed by atoms with Gasteiger partial charge in [-0.25, -0.2) is 18.2 Å². The van der Waals surface area contributed by atoms with Crippen LogP contribution in [0.2, 0.25) is 0 Å². The first kappa shape index (κ1) is 17.3. The molecule has 4 heterocycles. The maximum absolute atomic E-state index is 12.6. The number of nitrogens with one attached hydrogen (secondary N) is 3. The van der Waals surface area contributed by atoms with Crippen LogP contribution in [0, 0.1) is 0 Å². The monoisotopic (exact) mass is 382 g/mol. The number of hydrogen-bond acceptors (Lipinski definition) is 5. The smallest absolute Gasteiger partial charge is 0.315 e. The highest BCUT2D eigenvalue weighted by molar-refractivity contribution is 7.88. The lowest BCUT2D eigenvalue weighted by Gasteiger charge is -2.49. The highest BCUT2D eigenvalue weighted by atomic mass is 32.2. The summed E-state index contributed by atoms with van der Waals surface area (Å²) in [6.45, 7) is 1.52. The molecule has 0 unspecified atom stereocenters. The molecule has 1 aromatic heterocycles. The number of amides is 3. The van der Waals surface area contributed by atoms with Gasteiger partial charge in [0.15, 0.2) is 0 Å². The number of piperidine rings is 1. The van der Waals surface area contributed by atoms with Crippen molar-refractivity contribution in [3.05, 3.63) is 17.7 Å². The van der Waals surface area contributed by atoms with Crippen molar-refractivity contribution in [2.75, 3.05) is 32.4 Å². The molecule has 2 saturated heterocycles. The normalized spacial score (nSPS) is 25.7. The molecule has 2 fully saturated rings. The van der Waals surface area contributed by atoms with Crippen LogP contribution in [0.25, 0.3) is 0 Å². The first-order chi connectivity index (χ1) is 12.3. The SMILES string of the molecule is CS(=O)(=O)N1CCc2[nH]cnc2C12CCN(C(=O)[C@H]1CNC(=O)N1)CC2.